The second kappa shape index (κ2) is 7.60. The van der Waals surface area contributed by atoms with Crippen LogP contribution in [0.5, 0.6) is 0 Å². The van der Waals surface area contributed by atoms with Gasteiger partial charge in [0.25, 0.3) is 0 Å². The molecule has 1 aliphatic heterocycles. The molecule has 0 unspecified atom stereocenters. The number of aliphatic hydroxyl groups is 1. The van der Waals surface area contributed by atoms with Crippen molar-refractivity contribution in [2.45, 2.75) is 31.3 Å². The SMILES string of the molecule is Cn1nccc1CCC(=O)NC[C@]1(O)CCCN(c2cnccn2)C1. The van der Waals surface area contributed by atoms with Crippen molar-refractivity contribution in [2.24, 2.45) is 7.05 Å². The Balaban J connectivity index is 1.49. The number of aromatic nitrogens is 4. The molecule has 1 atom stereocenters. The number of amides is 1. The number of nitrogens with zero attached hydrogens (tertiary/aromatic N) is 5. The van der Waals surface area contributed by atoms with E-state index in [1.54, 1.807) is 29.5 Å². The molecule has 3 rings (SSSR count). The van der Waals surface area contributed by atoms with Crippen molar-refractivity contribution in [2.75, 3.05) is 24.5 Å². The van der Waals surface area contributed by atoms with E-state index in [9.17, 15) is 9.90 Å². The van der Waals surface area contributed by atoms with Gasteiger partial charge in [-0.2, -0.15) is 5.10 Å². The molecule has 1 saturated heterocycles. The molecule has 0 spiro atoms. The fraction of sp³-hybridized carbons (Fsp3) is 0.529. The number of carbonyl (C=O) groups is 1. The summed E-state index contributed by atoms with van der Waals surface area (Å²) in [7, 11) is 1.86. The maximum atomic E-state index is 12.1. The van der Waals surface area contributed by atoms with Gasteiger partial charge in [-0.1, -0.05) is 0 Å². The molecule has 8 heteroatoms. The highest BCUT2D eigenvalue weighted by molar-refractivity contribution is 5.76. The fourth-order valence-corrected chi connectivity index (χ4v) is 3.15. The van der Waals surface area contributed by atoms with Crippen LogP contribution in [0, 0.1) is 0 Å². The molecule has 134 valence electrons. The Bertz CT molecular complexity index is 704. The van der Waals surface area contributed by atoms with Gasteiger partial charge in [-0.3, -0.25) is 14.5 Å². The number of β-amino-alcohol motifs (C(OH)–C–C–N with tert-alkyl or cyclic N) is 1. The van der Waals surface area contributed by atoms with Gasteiger partial charge < -0.3 is 15.3 Å². The van der Waals surface area contributed by atoms with E-state index >= 15 is 0 Å². The molecule has 2 N–H and O–H groups in total. The smallest absolute Gasteiger partial charge is 0.220 e. The Morgan fingerprint density at radius 3 is 3.00 bits per heavy atom. The van der Waals surface area contributed by atoms with Crippen LogP contribution in [0.1, 0.15) is 25.0 Å². The summed E-state index contributed by atoms with van der Waals surface area (Å²) in [6.45, 7) is 1.51. The van der Waals surface area contributed by atoms with Crippen LogP contribution in [-0.4, -0.2) is 56.0 Å². The zero-order valence-electron chi connectivity index (χ0n) is 14.4. The minimum absolute atomic E-state index is 0.0637. The Morgan fingerprint density at radius 2 is 2.28 bits per heavy atom. The molecule has 0 aromatic carbocycles. The standard InChI is InChI=1S/C17H24N6O2/c1-22-14(5-7-21-22)3-4-16(24)20-12-17(25)6-2-10-23(13-17)15-11-18-8-9-19-15/h5,7-9,11,25H,2-4,6,10,12-13H2,1H3,(H,20,24)/t17-/m1/s1. The van der Waals surface area contributed by atoms with E-state index < -0.39 is 5.60 Å². The summed E-state index contributed by atoms with van der Waals surface area (Å²) in [6.07, 6.45) is 9.20. The Morgan fingerprint density at radius 1 is 1.40 bits per heavy atom. The molecule has 1 amide bonds. The van der Waals surface area contributed by atoms with Crippen molar-refractivity contribution in [3.8, 4) is 0 Å². The first-order valence-corrected chi connectivity index (χ1v) is 8.53. The predicted molar refractivity (Wildman–Crippen MR) is 93.0 cm³/mol. The Hall–Kier alpha value is -2.48. The second-order valence-corrected chi connectivity index (χ2v) is 6.54. The Labute approximate surface area is 146 Å². The van der Waals surface area contributed by atoms with Crippen molar-refractivity contribution in [1.29, 1.82) is 0 Å². The van der Waals surface area contributed by atoms with Crippen LogP contribution < -0.4 is 10.2 Å². The van der Waals surface area contributed by atoms with E-state index in [0.717, 1.165) is 24.5 Å². The molecule has 3 heterocycles. The zero-order chi connectivity index (χ0) is 17.7. The van der Waals surface area contributed by atoms with Crippen molar-refractivity contribution < 1.29 is 9.90 Å². The van der Waals surface area contributed by atoms with Gasteiger partial charge in [-0.15, -0.1) is 0 Å². The van der Waals surface area contributed by atoms with E-state index in [2.05, 4.69) is 20.4 Å². The number of rotatable bonds is 6. The molecule has 8 nitrogen and oxygen atoms in total. The monoisotopic (exact) mass is 344 g/mol. The van der Waals surface area contributed by atoms with Crippen LogP contribution >= 0.6 is 0 Å². The third-order valence-corrected chi connectivity index (χ3v) is 4.57. The molecule has 0 bridgehead atoms. The summed E-state index contributed by atoms with van der Waals surface area (Å²) in [5.74, 6) is 0.689. The molecule has 2 aromatic rings. The maximum absolute atomic E-state index is 12.1. The lowest BCUT2D eigenvalue weighted by molar-refractivity contribution is -0.122. The average molecular weight is 344 g/mol. The summed E-state index contributed by atoms with van der Waals surface area (Å²) >= 11 is 0. The molecule has 2 aromatic heterocycles. The highest BCUT2D eigenvalue weighted by Gasteiger charge is 2.34. The van der Waals surface area contributed by atoms with Crippen molar-refractivity contribution >= 4 is 11.7 Å². The number of hydrogen-bond acceptors (Lipinski definition) is 6. The van der Waals surface area contributed by atoms with Gasteiger partial charge in [0.05, 0.1) is 11.8 Å². The van der Waals surface area contributed by atoms with Crippen LogP contribution in [-0.2, 0) is 18.3 Å². The second-order valence-electron chi connectivity index (χ2n) is 6.54. The molecule has 0 aliphatic carbocycles. The molecular weight excluding hydrogens is 320 g/mol. The highest BCUT2D eigenvalue weighted by Crippen LogP contribution is 2.23. The normalized spacial score (nSPS) is 20.5. The lowest BCUT2D eigenvalue weighted by Gasteiger charge is -2.39. The van der Waals surface area contributed by atoms with Crippen LogP contribution in [0.4, 0.5) is 5.82 Å². The molecule has 0 saturated carbocycles. The molecule has 0 radical (unpaired) electrons. The number of hydrogen-bond donors (Lipinski definition) is 2. The zero-order valence-corrected chi connectivity index (χ0v) is 14.4. The number of piperidine rings is 1. The lowest BCUT2D eigenvalue weighted by Crippen LogP contribution is -2.54. The third-order valence-electron chi connectivity index (χ3n) is 4.57. The van der Waals surface area contributed by atoms with E-state index in [-0.39, 0.29) is 12.5 Å². The highest BCUT2D eigenvalue weighted by atomic mass is 16.3. The maximum Gasteiger partial charge on any atom is 0.220 e. The van der Waals surface area contributed by atoms with Gasteiger partial charge in [0.2, 0.25) is 5.91 Å². The van der Waals surface area contributed by atoms with Gasteiger partial charge in [0.1, 0.15) is 5.82 Å². The number of anilines is 1. The predicted octanol–water partition coefficient (Wildman–Crippen LogP) is 0.290. The summed E-state index contributed by atoms with van der Waals surface area (Å²) < 4.78 is 1.76. The molecule has 1 aliphatic rings. The van der Waals surface area contributed by atoms with Gasteiger partial charge in [-0.05, 0) is 25.3 Å². The van der Waals surface area contributed by atoms with Crippen LogP contribution in [0.2, 0.25) is 0 Å². The average Bonchev–Trinajstić information content (AvgIpc) is 3.04. The van der Waals surface area contributed by atoms with E-state index in [1.165, 1.54) is 0 Å². The van der Waals surface area contributed by atoms with Gasteiger partial charge in [0.15, 0.2) is 0 Å². The minimum atomic E-state index is -0.946. The number of carbonyl (C=O) groups excluding carboxylic acids is 1. The molecule has 25 heavy (non-hydrogen) atoms. The molecular formula is C17H24N6O2. The first-order chi connectivity index (χ1) is 12.1. The van der Waals surface area contributed by atoms with E-state index in [0.29, 0.717) is 25.8 Å². The fourth-order valence-electron chi connectivity index (χ4n) is 3.15. The van der Waals surface area contributed by atoms with Gasteiger partial charge in [0, 0.05) is 57.4 Å². The van der Waals surface area contributed by atoms with Crippen molar-refractivity contribution in [1.82, 2.24) is 25.1 Å². The van der Waals surface area contributed by atoms with Crippen molar-refractivity contribution in [3.05, 3.63) is 36.5 Å². The largest absolute Gasteiger partial charge is 0.386 e. The Kier molecular flexibility index (Phi) is 5.28. The summed E-state index contributed by atoms with van der Waals surface area (Å²) in [5.41, 5.74) is 0.0678. The lowest BCUT2D eigenvalue weighted by atomic mass is 9.92. The summed E-state index contributed by atoms with van der Waals surface area (Å²) in [4.78, 5) is 22.5. The molecule has 1 fully saturated rings. The van der Waals surface area contributed by atoms with Crippen LogP contribution in [0.3, 0.4) is 0 Å². The number of aryl methyl sites for hydroxylation is 2. The summed E-state index contributed by atoms with van der Waals surface area (Å²) in [5, 5.41) is 17.8. The number of nitrogens with one attached hydrogen (secondary N) is 1. The van der Waals surface area contributed by atoms with Crippen LogP contribution in [0.25, 0.3) is 0 Å². The quantitative estimate of drug-likeness (QED) is 0.782. The first kappa shape index (κ1) is 17.3. The minimum Gasteiger partial charge on any atom is -0.386 e. The van der Waals surface area contributed by atoms with E-state index in [4.69, 9.17) is 0 Å². The van der Waals surface area contributed by atoms with Crippen LogP contribution in [0.15, 0.2) is 30.9 Å². The first-order valence-electron chi connectivity index (χ1n) is 8.53. The third kappa shape index (κ3) is 4.54. The van der Waals surface area contributed by atoms with Gasteiger partial charge >= 0.3 is 0 Å². The summed E-state index contributed by atoms with van der Waals surface area (Å²) in [6, 6.07) is 1.90. The topological polar surface area (TPSA) is 96.2 Å². The van der Waals surface area contributed by atoms with E-state index in [1.807, 2.05) is 18.0 Å². The van der Waals surface area contributed by atoms with Gasteiger partial charge in [-0.25, -0.2) is 4.98 Å². The van der Waals surface area contributed by atoms with Crippen molar-refractivity contribution in [3.63, 3.8) is 0 Å².